The second-order valence-corrected chi connectivity index (χ2v) is 11.0. The Labute approximate surface area is 201 Å². The maximum absolute atomic E-state index is 5.62. The number of rotatable bonds is 3. The molecule has 0 aromatic carbocycles. The lowest BCUT2D eigenvalue weighted by atomic mass is 9.80. The molecule has 9 heteroatoms. The van der Waals surface area contributed by atoms with Crippen LogP contribution in [-0.2, 0) is 5.54 Å². The summed E-state index contributed by atoms with van der Waals surface area (Å²) in [7, 11) is 2.23. The molecule has 6 rings (SSSR count). The van der Waals surface area contributed by atoms with Gasteiger partial charge >= 0.3 is 0 Å². The van der Waals surface area contributed by atoms with E-state index in [0.717, 1.165) is 53.4 Å². The van der Waals surface area contributed by atoms with Crippen LogP contribution in [0.4, 0.5) is 5.95 Å². The third kappa shape index (κ3) is 4.02. The molecule has 2 aromatic rings. The van der Waals surface area contributed by atoms with Gasteiger partial charge in [-0.25, -0.2) is 9.97 Å². The lowest BCUT2D eigenvalue weighted by Gasteiger charge is -2.43. The highest BCUT2D eigenvalue weighted by atomic mass is 32.1. The summed E-state index contributed by atoms with van der Waals surface area (Å²) in [5.74, 6) is 1.61. The standard InChI is InChI=1S/C24H36N8S/c1-30-11-13-31(14-12-30)18-7-5-17(6-8-18)27-23-25-15-19-20(29-23)32-21(28-19)22(33)26-16-24(32)9-3-2-4-10-24/h15,17-18H,2-14,16H2,1H3,(H,26,33)(H,25,27,29). The molecule has 1 saturated heterocycles. The lowest BCUT2D eigenvalue weighted by molar-refractivity contribution is 0.0894. The van der Waals surface area contributed by atoms with Crippen molar-refractivity contribution < 1.29 is 0 Å². The topological polar surface area (TPSA) is 74.1 Å². The van der Waals surface area contributed by atoms with Crippen molar-refractivity contribution in [1.82, 2.24) is 34.6 Å². The van der Waals surface area contributed by atoms with Gasteiger partial charge in [0.05, 0.1) is 11.7 Å². The number of likely N-dealkylation sites (N-methyl/N-ethyl adjacent to an activating group) is 1. The summed E-state index contributed by atoms with van der Waals surface area (Å²) in [6.45, 7) is 5.70. The SMILES string of the molecule is CN1CCN(C2CCC(Nc3ncc4nc5n(c4n3)C3(CCCCC3)CNC5=S)CC2)CC1. The zero-order chi connectivity index (χ0) is 22.4. The number of hydrogen-bond donors (Lipinski definition) is 2. The highest BCUT2D eigenvalue weighted by Gasteiger charge is 2.41. The van der Waals surface area contributed by atoms with Gasteiger partial charge in [0.15, 0.2) is 11.5 Å². The Kier molecular flexibility index (Phi) is 5.74. The number of nitrogens with one attached hydrogen (secondary N) is 2. The van der Waals surface area contributed by atoms with E-state index in [1.54, 1.807) is 0 Å². The van der Waals surface area contributed by atoms with Gasteiger partial charge in [-0.2, -0.15) is 4.98 Å². The van der Waals surface area contributed by atoms with Crippen molar-refractivity contribution in [1.29, 1.82) is 0 Å². The van der Waals surface area contributed by atoms with Crippen LogP contribution in [0.1, 0.15) is 63.6 Å². The number of piperazine rings is 1. The van der Waals surface area contributed by atoms with Crippen LogP contribution in [0, 0.1) is 0 Å². The summed E-state index contributed by atoms with van der Waals surface area (Å²) in [5, 5.41) is 7.12. The predicted molar refractivity (Wildman–Crippen MR) is 135 cm³/mol. The molecule has 3 fully saturated rings. The summed E-state index contributed by atoms with van der Waals surface area (Å²) in [5.41, 5.74) is 1.83. The Balaban J connectivity index is 1.19. The molecular weight excluding hydrogens is 432 g/mol. The highest BCUT2D eigenvalue weighted by Crippen LogP contribution is 2.39. The van der Waals surface area contributed by atoms with Crippen LogP contribution >= 0.6 is 12.2 Å². The van der Waals surface area contributed by atoms with Crippen molar-refractivity contribution in [3.8, 4) is 0 Å². The fraction of sp³-hybridized carbons (Fsp3) is 0.750. The van der Waals surface area contributed by atoms with Crippen LogP contribution in [-0.4, -0.2) is 86.2 Å². The fourth-order valence-electron chi connectivity index (χ4n) is 6.51. The Morgan fingerprint density at radius 1 is 1.03 bits per heavy atom. The summed E-state index contributed by atoms with van der Waals surface area (Å²) in [6, 6.07) is 1.18. The van der Waals surface area contributed by atoms with E-state index in [4.69, 9.17) is 22.2 Å². The Morgan fingerprint density at radius 2 is 1.79 bits per heavy atom. The minimum absolute atomic E-state index is 0.0385. The first-order valence-electron chi connectivity index (χ1n) is 12.8. The van der Waals surface area contributed by atoms with Crippen molar-refractivity contribution in [3.63, 3.8) is 0 Å². The van der Waals surface area contributed by atoms with Gasteiger partial charge in [0, 0.05) is 44.8 Å². The molecule has 0 radical (unpaired) electrons. The normalized spacial score (nSPS) is 28.6. The zero-order valence-electron chi connectivity index (χ0n) is 19.7. The van der Waals surface area contributed by atoms with E-state index in [1.807, 2.05) is 6.20 Å². The lowest BCUT2D eigenvalue weighted by Crippen LogP contribution is -2.52. The minimum Gasteiger partial charge on any atom is -0.371 e. The summed E-state index contributed by atoms with van der Waals surface area (Å²) in [6.07, 6.45) is 12.9. The van der Waals surface area contributed by atoms with Gasteiger partial charge < -0.3 is 15.5 Å². The van der Waals surface area contributed by atoms with Gasteiger partial charge in [-0.1, -0.05) is 31.5 Å². The van der Waals surface area contributed by atoms with Gasteiger partial charge in [0.1, 0.15) is 10.5 Å². The first kappa shape index (κ1) is 21.7. The third-order valence-corrected chi connectivity index (χ3v) is 8.85. The smallest absolute Gasteiger partial charge is 0.224 e. The van der Waals surface area contributed by atoms with E-state index in [9.17, 15) is 0 Å². The van der Waals surface area contributed by atoms with Gasteiger partial charge in [-0.3, -0.25) is 9.47 Å². The number of aromatic nitrogens is 4. The van der Waals surface area contributed by atoms with Crippen LogP contribution in [0.2, 0.25) is 0 Å². The van der Waals surface area contributed by atoms with E-state index >= 15 is 0 Å². The molecule has 0 bridgehead atoms. The van der Waals surface area contributed by atoms with Crippen LogP contribution < -0.4 is 10.6 Å². The van der Waals surface area contributed by atoms with Crippen molar-refractivity contribution >= 4 is 34.3 Å². The molecule has 4 heterocycles. The molecule has 4 aliphatic rings. The van der Waals surface area contributed by atoms with Crippen molar-refractivity contribution in [2.24, 2.45) is 0 Å². The number of thiocarbonyl (C=S) groups is 1. The molecule has 0 unspecified atom stereocenters. The van der Waals surface area contributed by atoms with Crippen LogP contribution in [0.5, 0.6) is 0 Å². The monoisotopic (exact) mass is 468 g/mol. The molecule has 2 aromatic heterocycles. The van der Waals surface area contributed by atoms with Gasteiger partial charge in [0.2, 0.25) is 5.95 Å². The minimum atomic E-state index is 0.0385. The fourth-order valence-corrected chi connectivity index (χ4v) is 6.72. The van der Waals surface area contributed by atoms with Gasteiger partial charge in [-0.15, -0.1) is 0 Å². The molecule has 2 aliphatic carbocycles. The van der Waals surface area contributed by atoms with Gasteiger partial charge in [-0.05, 0) is 45.6 Å². The highest BCUT2D eigenvalue weighted by molar-refractivity contribution is 7.80. The third-order valence-electron chi connectivity index (χ3n) is 8.52. The van der Waals surface area contributed by atoms with Gasteiger partial charge in [0.25, 0.3) is 0 Å². The van der Waals surface area contributed by atoms with Crippen LogP contribution in [0.25, 0.3) is 11.2 Å². The average molecular weight is 469 g/mol. The maximum atomic E-state index is 5.62. The molecule has 2 saturated carbocycles. The Morgan fingerprint density at radius 3 is 2.55 bits per heavy atom. The summed E-state index contributed by atoms with van der Waals surface area (Å²) in [4.78, 5) is 20.4. The largest absolute Gasteiger partial charge is 0.371 e. The first-order valence-corrected chi connectivity index (χ1v) is 13.3. The first-order chi connectivity index (χ1) is 16.1. The molecule has 2 aliphatic heterocycles. The van der Waals surface area contributed by atoms with Crippen molar-refractivity contribution in [2.45, 2.75) is 75.4 Å². The summed E-state index contributed by atoms with van der Waals surface area (Å²) >= 11 is 5.62. The van der Waals surface area contributed by atoms with Crippen molar-refractivity contribution in [2.75, 3.05) is 45.1 Å². The Hall–Kier alpha value is -1.84. The molecule has 2 N–H and O–H groups in total. The Bertz CT molecular complexity index is 1010. The summed E-state index contributed by atoms with van der Waals surface area (Å²) < 4.78 is 2.36. The second-order valence-electron chi connectivity index (χ2n) is 10.6. The quantitative estimate of drug-likeness (QED) is 0.666. The van der Waals surface area contributed by atoms with E-state index in [1.165, 1.54) is 71.1 Å². The van der Waals surface area contributed by atoms with Crippen LogP contribution in [0.15, 0.2) is 6.20 Å². The van der Waals surface area contributed by atoms with E-state index in [2.05, 4.69) is 37.0 Å². The molecule has 178 valence electrons. The predicted octanol–water partition coefficient (Wildman–Crippen LogP) is 2.73. The number of anilines is 1. The van der Waals surface area contributed by atoms with E-state index < -0.39 is 0 Å². The molecule has 0 amide bonds. The molecule has 33 heavy (non-hydrogen) atoms. The van der Waals surface area contributed by atoms with E-state index in [-0.39, 0.29) is 5.54 Å². The molecule has 0 atom stereocenters. The zero-order valence-corrected chi connectivity index (χ0v) is 20.5. The maximum Gasteiger partial charge on any atom is 0.224 e. The molecule has 1 spiro atoms. The van der Waals surface area contributed by atoms with E-state index in [0.29, 0.717) is 6.04 Å². The second kappa shape index (κ2) is 8.74. The molecule has 8 nitrogen and oxygen atoms in total. The number of nitrogens with zero attached hydrogens (tertiary/aromatic N) is 6. The van der Waals surface area contributed by atoms with Crippen LogP contribution in [0.3, 0.4) is 0 Å². The molecular formula is C24H36N8S. The number of fused-ring (bicyclic) bond motifs is 4. The average Bonchev–Trinajstić information content (AvgIpc) is 3.24. The van der Waals surface area contributed by atoms with Crippen molar-refractivity contribution in [3.05, 3.63) is 12.0 Å². The number of imidazole rings is 1. The number of hydrogen-bond acceptors (Lipinski definition) is 7.